The number of aliphatic hydroxyl groups is 1. The molecular formula is C15H16ClNO3S2. The molecule has 7 heteroatoms. The predicted octanol–water partition coefficient (Wildman–Crippen LogP) is 3.07. The number of nitrogens with one attached hydrogen (secondary N) is 1. The van der Waals surface area contributed by atoms with Crippen LogP contribution in [0.15, 0.2) is 58.3 Å². The summed E-state index contributed by atoms with van der Waals surface area (Å²) in [6, 6.07) is 13.3. The summed E-state index contributed by atoms with van der Waals surface area (Å²) in [6.45, 7) is -0.104. The van der Waals surface area contributed by atoms with E-state index in [1.54, 1.807) is 36.0 Å². The molecule has 0 aliphatic rings. The van der Waals surface area contributed by atoms with Crippen LogP contribution in [-0.4, -0.2) is 26.3 Å². The van der Waals surface area contributed by atoms with E-state index >= 15 is 0 Å². The van der Waals surface area contributed by atoms with Crippen molar-refractivity contribution in [3.8, 4) is 0 Å². The Balaban J connectivity index is 2.04. The van der Waals surface area contributed by atoms with Gasteiger partial charge in [0.05, 0.1) is 11.0 Å². The fourth-order valence-corrected chi connectivity index (χ4v) is 3.60. The number of hydrogen-bond acceptors (Lipinski definition) is 4. The normalized spacial score (nSPS) is 13.0. The minimum absolute atomic E-state index is 0.0740. The van der Waals surface area contributed by atoms with E-state index in [-0.39, 0.29) is 11.4 Å². The van der Waals surface area contributed by atoms with E-state index in [1.807, 2.05) is 18.4 Å². The molecule has 2 aromatic carbocycles. The van der Waals surface area contributed by atoms with Gasteiger partial charge in [0.1, 0.15) is 0 Å². The van der Waals surface area contributed by atoms with Crippen LogP contribution in [0.3, 0.4) is 0 Å². The molecule has 0 spiro atoms. The summed E-state index contributed by atoms with van der Waals surface area (Å²) in [7, 11) is -3.70. The topological polar surface area (TPSA) is 66.4 Å². The van der Waals surface area contributed by atoms with Crippen LogP contribution in [0.4, 0.5) is 0 Å². The van der Waals surface area contributed by atoms with Gasteiger partial charge in [-0.15, -0.1) is 11.8 Å². The van der Waals surface area contributed by atoms with E-state index in [4.69, 9.17) is 11.6 Å². The summed E-state index contributed by atoms with van der Waals surface area (Å²) in [5.74, 6) is 0. The third kappa shape index (κ3) is 4.47. The van der Waals surface area contributed by atoms with Crippen LogP contribution in [0.5, 0.6) is 0 Å². The van der Waals surface area contributed by atoms with Gasteiger partial charge in [0, 0.05) is 16.5 Å². The molecule has 2 aromatic rings. The third-order valence-electron chi connectivity index (χ3n) is 3.07. The molecular weight excluding hydrogens is 342 g/mol. The van der Waals surface area contributed by atoms with Crippen molar-refractivity contribution < 1.29 is 13.5 Å². The van der Waals surface area contributed by atoms with Crippen molar-refractivity contribution in [2.24, 2.45) is 0 Å². The fraction of sp³-hybridized carbons (Fsp3) is 0.200. The van der Waals surface area contributed by atoms with Gasteiger partial charge in [0.15, 0.2) is 0 Å². The van der Waals surface area contributed by atoms with Crippen LogP contribution in [0.1, 0.15) is 11.7 Å². The van der Waals surface area contributed by atoms with E-state index in [9.17, 15) is 13.5 Å². The SMILES string of the molecule is CSc1ccc(C(O)CNS(=O)(=O)c2cccc(Cl)c2)cc1. The Morgan fingerprint density at radius 1 is 1.23 bits per heavy atom. The number of halogens is 1. The molecule has 0 saturated carbocycles. The summed E-state index contributed by atoms with van der Waals surface area (Å²) in [5.41, 5.74) is 0.659. The lowest BCUT2D eigenvalue weighted by atomic mass is 10.1. The highest BCUT2D eigenvalue weighted by Crippen LogP contribution is 2.20. The average Bonchev–Trinajstić information content (AvgIpc) is 2.53. The molecule has 0 aromatic heterocycles. The monoisotopic (exact) mass is 357 g/mol. The first kappa shape index (κ1) is 17.3. The van der Waals surface area contributed by atoms with Crippen molar-refractivity contribution >= 4 is 33.4 Å². The van der Waals surface area contributed by atoms with Crippen molar-refractivity contribution in [3.05, 3.63) is 59.1 Å². The molecule has 0 fully saturated rings. The number of hydrogen-bond donors (Lipinski definition) is 2. The zero-order chi connectivity index (χ0) is 16.2. The quantitative estimate of drug-likeness (QED) is 0.780. The summed E-state index contributed by atoms with van der Waals surface area (Å²) in [4.78, 5) is 1.15. The van der Waals surface area contributed by atoms with E-state index in [2.05, 4.69) is 4.72 Å². The Morgan fingerprint density at radius 3 is 2.50 bits per heavy atom. The molecule has 0 heterocycles. The van der Waals surface area contributed by atoms with Gasteiger partial charge in [-0.2, -0.15) is 0 Å². The Labute approximate surface area is 139 Å². The second-order valence-corrected chi connectivity index (χ2v) is 7.68. The Bertz CT molecular complexity index is 733. The standard InChI is InChI=1S/C15H16ClNO3S2/c1-21-13-7-5-11(6-8-13)15(18)10-17-22(19,20)14-4-2-3-12(16)9-14/h2-9,15,17-18H,10H2,1H3. The van der Waals surface area contributed by atoms with Gasteiger partial charge in [-0.1, -0.05) is 29.8 Å². The molecule has 4 nitrogen and oxygen atoms in total. The third-order valence-corrected chi connectivity index (χ3v) is 5.47. The number of thioether (sulfide) groups is 1. The highest BCUT2D eigenvalue weighted by Gasteiger charge is 2.17. The van der Waals surface area contributed by atoms with Crippen molar-refractivity contribution in [2.75, 3.05) is 12.8 Å². The number of aliphatic hydroxyl groups excluding tert-OH is 1. The van der Waals surface area contributed by atoms with Crippen LogP contribution in [-0.2, 0) is 10.0 Å². The smallest absolute Gasteiger partial charge is 0.240 e. The van der Waals surface area contributed by atoms with Gasteiger partial charge in [0.2, 0.25) is 10.0 Å². The highest BCUT2D eigenvalue weighted by atomic mass is 35.5. The maximum Gasteiger partial charge on any atom is 0.240 e. The van der Waals surface area contributed by atoms with Gasteiger partial charge in [-0.05, 0) is 42.2 Å². The molecule has 0 aliphatic heterocycles. The maximum atomic E-state index is 12.1. The molecule has 0 radical (unpaired) electrons. The molecule has 0 saturated heterocycles. The molecule has 118 valence electrons. The van der Waals surface area contributed by atoms with Crippen LogP contribution < -0.4 is 4.72 Å². The van der Waals surface area contributed by atoms with Crippen LogP contribution in [0.25, 0.3) is 0 Å². The fourth-order valence-electron chi connectivity index (χ4n) is 1.85. The molecule has 22 heavy (non-hydrogen) atoms. The minimum atomic E-state index is -3.70. The van der Waals surface area contributed by atoms with E-state index in [1.165, 1.54) is 12.1 Å². The van der Waals surface area contributed by atoms with E-state index < -0.39 is 16.1 Å². The summed E-state index contributed by atoms with van der Waals surface area (Å²) in [5, 5.41) is 10.4. The molecule has 1 unspecified atom stereocenters. The van der Waals surface area contributed by atoms with Gasteiger partial charge in [-0.3, -0.25) is 0 Å². The molecule has 0 aliphatic carbocycles. The molecule has 2 N–H and O–H groups in total. The zero-order valence-electron chi connectivity index (χ0n) is 11.9. The second-order valence-electron chi connectivity index (χ2n) is 4.60. The van der Waals surface area contributed by atoms with Crippen LogP contribution >= 0.6 is 23.4 Å². The minimum Gasteiger partial charge on any atom is -0.387 e. The molecule has 2 rings (SSSR count). The van der Waals surface area contributed by atoms with E-state index in [0.29, 0.717) is 10.6 Å². The molecule has 0 amide bonds. The largest absolute Gasteiger partial charge is 0.387 e. The maximum absolute atomic E-state index is 12.1. The Morgan fingerprint density at radius 2 is 1.91 bits per heavy atom. The first-order valence-electron chi connectivity index (χ1n) is 6.49. The predicted molar refractivity (Wildman–Crippen MR) is 89.8 cm³/mol. The van der Waals surface area contributed by atoms with Crippen molar-refractivity contribution in [1.29, 1.82) is 0 Å². The summed E-state index contributed by atoms with van der Waals surface area (Å²) >= 11 is 7.39. The summed E-state index contributed by atoms with van der Waals surface area (Å²) in [6.07, 6.45) is 1.05. The number of benzene rings is 2. The lowest BCUT2D eigenvalue weighted by Gasteiger charge is -2.13. The summed E-state index contributed by atoms with van der Waals surface area (Å²) < 4.78 is 26.7. The lowest BCUT2D eigenvalue weighted by Crippen LogP contribution is -2.28. The molecule has 0 bridgehead atoms. The van der Waals surface area contributed by atoms with Gasteiger partial charge in [-0.25, -0.2) is 13.1 Å². The lowest BCUT2D eigenvalue weighted by molar-refractivity contribution is 0.182. The van der Waals surface area contributed by atoms with Gasteiger partial charge < -0.3 is 5.11 Å². The number of rotatable bonds is 6. The van der Waals surface area contributed by atoms with Gasteiger partial charge >= 0.3 is 0 Å². The van der Waals surface area contributed by atoms with Crippen molar-refractivity contribution in [1.82, 2.24) is 4.72 Å². The molecule has 1 atom stereocenters. The highest BCUT2D eigenvalue weighted by molar-refractivity contribution is 7.98. The first-order chi connectivity index (χ1) is 10.4. The number of sulfonamides is 1. The van der Waals surface area contributed by atoms with E-state index in [0.717, 1.165) is 4.90 Å². The Kier molecular flexibility index (Phi) is 5.88. The van der Waals surface area contributed by atoms with Crippen LogP contribution in [0, 0.1) is 0 Å². The first-order valence-corrected chi connectivity index (χ1v) is 9.58. The zero-order valence-corrected chi connectivity index (χ0v) is 14.3. The van der Waals surface area contributed by atoms with Crippen molar-refractivity contribution in [2.45, 2.75) is 15.9 Å². The van der Waals surface area contributed by atoms with Crippen LogP contribution in [0.2, 0.25) is 5.02 Å². The van der Waals surface area contributed by atoms with Crippen molar-refractivity contribution in [3.63, 3.8) is 0 Å². The second kappa shape index (κ2) is 7.48. The Hall–Kier alpha value is -1.05. The average molecular weight is 358 g/mol. The van der Waals surface area contributed by atoms with Gasteiger partial charge in [0.25, 0.3) is 0 Å².